The number of methoxy groups -OCH3 is 1. The van der Waals surface area contributed by atoms with Gasteiger partial charge in [-0.25, -0.2) is 9.78 Å². The number of nitrogens with one attached hydrogen (secondary N) is 3. The van der Waals surface area contributed by atoms with Crippen LogP contribution in [0.15, 0.2) is 42.5 Å². The number of nitrogen functional groups attached to an aromatic ring is 1. The van der Waals surface area contributed by atoms with Crippen molar-refractivity contribution in [1.82, 2.24) is 24.6 Å². The van der Waals surface area contributed by atoms with Gasteiger partial charge < -0.3 is 46.6 Å². The Hall–Kier alpha value is -6.26. The molecule has 0 saturated carbocycles. The van der Waals surface area contributed by atoms with Crippen LogP contribution in [-0.4, -0.2) is 75.6 Å². The molecule has 2 heterocycles. The second-order valence-corrected chi connectivity index (χ2v) is 12.7. The summed E-state index contributed by atoms with van der Waals surface area (Å²) in [5, 5.41) is 13.1. The first-order valence-electron chi connectivity index (χ1n) is 16.6. The molecule has 4 aromatic rings. The minimum Gasteiger partial charge on any atom is -0.494 e. The highest BCUT2D eigenvalue weighted by atomic mass is 16.6. The number of primary amides is 2. The highest BCUT2D eigenvalue weighted by Crippen LogP contribution is 2.33. The van der Waals surface area contributed by atoms with E-state index < -0.39 is 29.4 Å². The number of aromatic nitrogens is 4. The molecule has 4 amide bonds. The number of benzene rings is 2. The number of hydrogen-bond donors (Lipinski definition) is 6. The molecule has 0 saturated heterocycles. The molecule has 0 aliphatic carbocycles. The number of aryl methyl sites for hydroxylation is 2. The zero-order chi connectivity index (χ0) is 38.2. The van der Waals surface area contributed by atoms with Crippen LogP contribution in [0.25, 0.3) is 11.0 Å². The standard InChI is InChI=1S/C35H46N10O7/c1-7-45-25(15-20(2)43-45)32(48)42-33-41-24-17-22(31(38)47)19-27(50-6)29(24)44(33)13-9-8-11-39-28-23(36)16-21(30(37)46)18-26(28)51-14-10-12-40-34(49)52-35(3,4)5/h8-9,15-19,39H,7,10-14,36H2,1-6H3,(H2,37,46)(H2,38,47)(H,40,49)(H,41,42,48)/b9-8+. The minimum atomic E-state index is -0.669. The lowest BCUT2D eigenvalue weighted by atomic mass is 10.1. The average Bonchev–Trinajstić information content (AvgIpc) is 3.62. The van der Waals surface area contributed by atoms with Gasteiger partial charge in [0.2, 0.25) is 17.8 Å². The number of alkyl carbamates (subject to hydrolysis) is 1. The van der Waals surface area contributed by atoms with Crippen LogP contribution in [0.2, 0.25) is 0 Å². The Bertz CT molecular complexity index is 1990. The van der Waals surface area contributed by atoms with E-state index in [1.54, 1.807) is 43.0 Å². The molecule has 2 aromatic heterocycles. The number of fused-ring (bicyclic) bond motifs is 1. The van der Waals surface area contributed by atoms with Crippen LogP contribution in [0.3, 0.4) is 0 Å². The van der Waals surface area contributed by atoms with Crippen LogP contribution in [-0.2, 0) is 17.8 Å². The van der Waals surface area contributed by atoms with Crippen molar-refractivity contribution in [3.63, 3.8) is 0 Å². The number of imidazole rings is 1. The number of ether oxygens (including phenoxy) is 3. The summed E-state index contributed by atoms with van der Waals surface area (Å²) in [6, 6.07) is 7.69. The van der Waals surface area contributed by atoms with Gasteiger partial charge in [-0.3, -0.25) is 24.4 Å². The lowest BCUT2D eigenvalue weighted by Crippen LogP contribution is -2.33. The van der Waals surface area contributed by atoms with Gasteiger partial charge in [-0.05, 0) is 71.4 Å². The molecule has 0 aliphatic heterocycles. The highest BCUT2D eigenvalue weighted by Gasteiger charge is 2.21. The molecule has 0 fully saturated rings. The van der Waals surface area contributed by atoms with Gasteiger partial charge in [0.05, 0.1) is 30.6 Å². The Labute approximate surface area is 300 Å². The zero-order valence-electron chi connectivity index (χ0n) is 30.2. The van der Waals surface area contributed by atoms with Crippen molar-refractivity contribution in [3.05, 3.63) is 65.0 Å². The van der Waals surface area contributed by atoms with E-state index in [0.717, 1.165) is 0 Å². The van der Waals surface area contributed by atoms with Crippen molar-refractivity contribution in [2.45, 2.75) is 59.7 Å². The Balaban J connectivity index is 1.52. The van der Waals surface area contributed by atoms with Crippen molar-refractivity contribution in [3.8, 4) is 11.5 Å². The number of rotatable bonds is 16. The minimum absolute atomic E-state index is 0.174. The third-order valence-electron chi connectivity index (χ3n) is 7.49. The van der Waals surface area contributed by atoms with Gasteiger partial charge in [0.1, 0.15) is 34.0 Å². The first-order chi connectivity index (χ1) is 24.6. The lowest BCUT2D eigenvalue weighted by molar-refractivity contribution is 0.0525. The number of anilines is 3. The van der Waals surface area contributed by atoms with Crippen LogP contribution in [0.4, 0.5) is 22.1 Å². The lowest BCUT2D eigenvalue weighted by Gasteiger charge is -2.19. The molecule has 0 radical (unpaired) electrons. The summed E-state index contributed by atoms with van der Waals surface area (Å²) in [5.41, 5.74) is 19.8. The second kappa shape index (κ2) is 16.6. The molecule has 0 spiro atoms. The van der Waals surface area contributed by atoms with Gasteiger partial charge in [-0.15, -0.1) is 0 Å². The summed E-state index contributed by atoms with van der Waals surface area (Å²) in [5.74, 6) is -0.883. The molecule has 278 valence electrons. The van der Waals surface area contributed by atoms with E-state index in [9.17, 15) is 19.2 Å². The van der Waals surface area contributed by atoms with Crippen LogP contribution in [0.1, 0.15) is 71.0 Å². The molecule has 0 aliphatic rings. The first kappa shape index (κ1) is 38.5. The van der Waals surface area contributed by atoms with Gasteiger partial charge in [0, 0.05) is 37.3 Å². The Morgan fingerprint density at radius 1 is 0.981 bits per heavy atom. The fourth-order valence-corrected chi connectivity index (χ4v) is 5.20. The zero-order valence-corrected chi connectivity index (χ0v) is 30.2. The van der Waals surface area contributed by atoms with E-state index in [1.807, 2.05) is 19.1 Å². The maximum Gasteiger partial charge on any atom is 0.407 e. The summed E-state index contributed by atoms with van der Waals surface area (Å²) < 4.78 is 20.1. The quantitative estimate of drug-likeness (QED) is 0.0555. The van der Waals surface area contributed by atoms with E-state index in [4.69, 9.17) is 31.4 Å². The maximum atomic E-state index is 13.4. The van der Waals surface area contributed by atoms with Crippen LogP contribution in [0, 0.1) is 6.92 Å². The fourth-order valence-electron chi connectivity index (χ4n) is 5.20. The molecule has 4 rings (SSSR count). The van der Waals surface area contributed by atoms with Crippen LogP contribution >= 0.6 is 0 Å². The monoisotopic (exact) mass is 718 g/mol. The van der Waals surface area contributed by atoms with Crippen LogP contribution in [0.5, 0.6) is 11.5 Å². The summed E-state index contributed by atoms with van der Waals surface area (Å²) in [4.78, 5) is 53.9. The molecule has 17 heteroatoms. The molecule has 0 unspecified atom stereocenters. The Morgan fingerprint density at radius 2 is 1.67 bits per heavy atom. The Kier molecular flexibility index (Phi) is 12.3. The summed E-state index contributed by atoms with van der Waals surface area (Å²) in [7, 11) is 1.46. The van der Waals surface area contributed by atoms with Gasteiger partial charge in [0.25, 0.3) is 5.91 Å². The predicted molar refractivity (Wildman–Crippen MR) is 197 cm³/mol. The van der Waals surface area contributed by atoms with E-state index >= 15 is 0 Å². The topological polar surface area (TPSA) is 246 Å². The number of nitrogens with zero attached hydrogens (tertiary/aromatic N) is 4. The number of allylic oxidation sites excluding steroid dienone is 1. The molecule has 2 aromatic carbocycles. The molecular formula is C35H46N10O7. The van der Waals surface area contributed by atoms with E-state index in [0.29, 0.717) is 59.1 Å². The largest absolute Gasteiger partial charge is 0.494 e. The van der Waals surface area contributed by atoms with Crippen molar-refractivity contribution < 1.29 is 33.4 Å². The summed E-state index contributed by atoms with van der Waals surface area (Å²) >= 11 is 0. The van der Waals surface area contributed by atoms with Gasteiger partial charge >= 0.3 is 6.09 Å². The predicted octanol–water partition coefficient (Wildman–Crippen LogP) is 3.56. The molecule has 9 N–H and O–H groups in total. The molecule has 52 heavy (non-hydrogen) atoms. The molecule has 17 nitrogen and oxygen atoms in total. The fraction of sp³-hybridized carbons (Fsp3) is 0.371. The van der Waals surface area contributed by atoms with Gasteiger partial charge in [-0.1, -0.05) is 12.2 Å². The number of hydrogen-bond acceptors (Lipinski definition) is 11. The summed E-state index contributed by atoms with van der Waals surface area (Å²) in [6.07, 6.45) is 3.57. The third kappa shape index (κ3) is 9.70. The highest BCUT2D eigenvalue weighted by molar-refractivity contribution is 6.04. The van der Waals surface area contributed by atoms with Crippen molar-refractivity contribution in [1.29, 1.82) is 0 Å². The molecular weight excluding hydrogens is 672 g/mol. The van der Waals surface area contributed by atoms with Gasteiger partial charge in [0.15, 0.2) is 0 Å². The maximum absolute atomic E-state index is 13.4. The van der Waals surface area contributed by atoms with Gasteiger partial charge in [-0.2, -0.15) is 5.10 Å². The normalized spacial score (nSPS) is 11.4. The number of nitrogens with two attached hydrogens (primary N) is 3. The number of amides is 4. The van der Waals surface area contributed by atoms with Crippen LogP contribution < -0.4 is 42.6 Å². The van der Waals surface area contributed by atoms with E-state index in [2.05, 4.69) is 26.0 Å². The third-order valence-corrected chi connectivity index (χ3v) is 7.49. The average molecular weight is 719 g/mol. The van der Waals surface area contributed by atoms with Crippen molar-refractivity contribution in [2.24, 2.45) is 11.5 Å². The SMILES string of the molecule is CCn1nc(C)cc1C(=O)Nc1nc2cc(C(N)=O)cc(OC)c2n1C/C=C/CNc1c(N)cc(C(N)=O)cc1OCCCNC(=O)OC(C)(C)C. The van der Waals surface area contributed by atoms with Crippen molar-refractivity contribution >= 4 is 52.2 Å². The molecule has 0 bridgehead atoms. The van der Waals surface area contributed by atoms with E-state index in [1.165, 1.54) is 31.4 Å². The summed E-state index contributed by atoms with van der Waals surface area (Å²) in [6.45, 7) is 10.5. The Morgan fingerprint density at radius 3 is 2.33 bits per heavy atom. The smallest absolute Gasteiger partial charge is 0.407 e. The molecule has 0 atom stereocenters. The second-order valence-electron chi connectivity index (χ2n) is 12.7. The van der Waals surface area contributed by atoms with Crippen molar-refractivity contribution in [2.75, 3.05) is 43.2 Å². The first-order valence-corrected chi connectivity index (χ1v) is 16.6. The number of carbonyl (C=O) groups is 4. The number of carbonyl (C=O) groups excluding carboxylic acids is 4. The van der Waals surface area contributed by atoms with E-state index in [-0.39, 0.29) is 42.5 Å².